The van der Waals surface area contributed by atoms with Crippen LogP contribution < -0.4 is 5.32 Å². The normalized spacial score (nSPS) is 11.8. The van der Waals surface area contributed by atoms with Crippen LogP contribution in [0.2, 0.25) is 5.15 Å². The Morgan fingerprint density at radius 1 is 1.10 bits per heavy atom. The molecular weight excluding hydrogens is 282 g/mol. The maximum atomic E-state index is 6.23. The van der Waals surface area contributed by atoms with E-state index in [1.165, 1.54) is 11.9 Å². The minimum Gasteiger partial charge on any atom is -0.340 e. The standard InChI is InChI=1S/C17H22ClN3/c1-11(2)14-15(18)19-10-20-16(14)21-13-9-7-6-8-12(13)17(3,4)5/h6-11H,1-5H3,(H,19,20,21). The van der Waals surface area contributed by atoms with Gasteiger partial charge in [-0.1, -0.05) is 64.4 Å². The van der Waals surface area contributed by atoms with E-state index in [1.807, 2.05) is 6.07 Å². The fourth-order valence-electron chi connectivity index (χ4n) is 2.36. The van der Waals surface area contributed by atoms with Crippen molar-refractivity contribution in [3.05, 3.63) is 46.9 Å². The fourth-order valence-corrected chi connectivity index (χ4v) is 2.71. The van der Waals surface area contributed by atoms with Crippen molar-refractivity contribution in [2.24, 2.45) is 0 Å². The van der Waals surface area contributed by atoms with E-state index in [1.54, 1.807) is 0 Å². The highest BCUT2D eigenvalue weighted by molar-refractivity contribution is 6.30. The van der Waals surface area contributed by atoms with E-state index in [0.29, 0.717) is 5.15 Å². The Balaban J connectivity index is 2.47. The average Bonchev–Trinajstić information content (AvgIpc) is 2.37. The molecule has 0 aliphatic carbocycles. The smallest absolute Gasteiger partial charge is 0.138 e. The van der Waals surface area contributed by atoms with Gasteiger partial charge in [-0.2, -0.15) is 0 Å². The van der Waals surface area contributed by atoms with Gasteiger partial charge in [-0.3, -0.25) is 0 Å². The minimum atomic E-state index is 0.0540. The molecule has 0 radical (unpaired) electrons. The molecule has 0 amide bonds. The summed E-state index contributed by atoms with van der Waals surface area (Å²) in [5.74, 6) is 1.03. The molecular formula is C17H22ClN3. The molecule has 4 heteroatoms. The molecule has 0 saturated carbocycles. The van der Waals surface area contributed by atoms with Gasteiger partial charge in [0, 0.05) is 11.3 Å². The van der Waals surface area contributed by atoms with Crippen molar-refractivity contribution in [3.63, 3.8) is 0 Å². The third-order valence-electron chi connectivity index (χ3n) is 3.40. The first-order valence-corrected chi connectivity index (χ1v) is 7.55. The lowest BCUT2D eigenvalue weighted by molar-refractivity contribution is 0.592. The zero-order chi connectivity index (χ0) is 15.6. The first kappa shape index (κ1) is 15.8. The van der Waals surface area contributed by atoms with Crippen LogP contribution in [0, 0.1) is 0 Å². The number of nitrogens with one attached hydrogen (secondary N) is 1. The second-order valence-electron chi connectivity index (χ2n) is 6.50. The van der Waals surface area contributed by atoms with E-state index in [-0.39, 0.29) is 11.3 Å². The Kier molecular flexibility index (Phi) is 4.52. The van der Waals surface area contributed by atoms with Crippen LogP contribution >= 0.6 is 11.6 Å². The van der Waals surface area contributed by atoms with Crippen LogP contribution in [0.5, 0.6) is 0 Å². The van der Waals surface area contributed by atoms with Gasteiger partial charge in [0.2, 0.25) is 0 Å². The second kappa shape index (κ2) is 6.02. The van der Waals surface area contributed by atoms with Gasteiger partial charge in [-0.15, -0.1) is 0 Å². The lowest BCUT2D eigenvalue weighted by Crippen LogP contribution is -2.14. The quantitative estimate of drug-likeness (QED) is 0.782. The number of anilines is 2. The molecule has 2 aromatic rings. The number of hydrogen-bond acceptors (Lipinski definition) is 3. The Morgan fingerprint density at radius 2 is 1.76 bits per heavy atom. The third kappa shape index (κ3) is 3.53. The number of hydrogen-bond donors (Lipinski definition) is 1. The average molecular weight is 304 g/mol. The molecule has 0 spiro atoms. The van der Waals surface area contributed by atoms with Crippen molar-refractivity contribution in [3.8, 4) is 0 Å². The monoisotopic (exact) mass is 303 g/mol. The van der Waals surface area contributed by atoms with E-state index >= 15 is 0 Å². The molecule has 0 fully saturated rings. The van der Waals surface area contributed by atoms with E-state index in [2.05, 4.69) is 68.1 Å². The van der Waals surface area contributed by atoms with Crippen LogP contribution in [-0.4, -0.2) is 9.97 Å². The molecule has 21 heavy (non-hydrogen) atoms. The van der Waals surface area contributed by atoms with Gasteiger partial charge >= 0.3 is 0 Å². The third-order valence-corrected chi connectivity index (χ3v) is 3.70. The maximum absolute atomic E-state index is 6.23. The van der Waals surface area contributed by atoms with Crippen LogP contribution in [0.25, 0.3) is 0 Å². The number of halogens is 1. The summed E-state index contributed by atoms with van der Waals surface area (Å²) in [4.78, 5) is 8.46. The largest absolute Gasteiger partial charge is 0.340 e. The number of rotatable bonds is 3. The van der Waals surface area contributed by atoms with Crippen molar-refractivity contribution in [2.45, 2.75) is 46.0 Å². The lowest BCUT2D eigenvalue weighted by atomic mass is 9.86. The van der Waals surface area contributed by atoms with Crippen molar-refractivity contribution >= 4 is 23.1 Å². The highest BCUT2D eigenvalue weighted by Crippen LogP contribution is 2.34. The predicted molar refractivity (Wildman–Crippen MR) is 89.6 cm³/mol. The zero-order valence-electron chi connectivity index (χ0n) is 13.2. The summed E-state index contributed by atoms with van der Waals surface area (Å²) in [6.07, 6.45) is 1.50. The summed E-state index contributed by atoms with van der Waals surface area (Å²) in [5.41, 5.74) is 3.30. The maximum Gasteiger partial charge on any atom is 0.138 e. The summed E-state index contributed by atoms with van der Waals surface area (Å²) in [7, 11) is 0. The van der Waals surface area contributed by atoms with Crippen molar-refractivity contribution < 1.29 is 0 Å². The molecule has 3 nitrogen and oxygen atoms in total. The van der Waals surface area contributed by atoms with Crippen LogP contribution in [0.4, 0.5) is 11.5 Å². The molecule has 0 aliphatic heterocycles. The Bertz CT molecular complexity index is 630. The first-order valence-electron chi connectivity index (χ1n) is 7.17. The van der Waals surface area contributed by atoms with E-state index in [4.69, 9.17) is 11.6 Å². The number of para-hydroxylation sites is 1. The van der Waals surface area contributed by atoms with E-state index < -0.39 is 0 Å². The lowest BCUT2D eigenvalue weighted by Gasteiger charge is -2.24. The van der Waals surface area contributed by atoms with E-state index in [9.17, 15) is 0 Å². The summed E-state index contributed by atoms with van der Waals surface area (Å²) in [6.45, 7) is 10.8. The highest BCUT2D eigenvalue weighted by atomic mass is 35.5. The zero-order valence-corrected chi connectivity index (χ0v) is 14.0. The van der Waals surface area contributed by atoms with Crippen molar-refractivity contribution in [1.29, 1.82) is 0 Å². The summed E-state index contributed by atoms with van der Waals surface area (Å²) < 4.78 is 0. The first-order chi connectivity index (χ1) is 9.80. The van der Waals surface area contributed by atoms with Crippen LogP contribution in [-0.2, 0) is 5.41 Å². The molecule has 2 rings (SSSR count). The summed E-state index contributed by atoms with van der Waals surface area (Å²) >= 11 is 6.23. The molecule has 112 valence electrons. The molecule has 1 N–H and O–H groups in total. The van der Waals surface area contributed by atoms with Crippen LogP contribution in [0.1, 0.15) is 51.7 Å². The Hall–Kier alpha value is -1.61. The van der Waals surface area contributed by atoms with Crippen molar-refractivity contribution in [1.82, 2.24) is 9.97 Å². The van der Waals surface area contributed by atoms with Gasteiger partial charge in [0.15, 0.2) is 0 Å². The molecule has 0 atom stereocenters. The van der Waals surface area contributed by atoms with Gasteiger partial charge in [-0.25, -0.2) is 9.97 Å². The molecule has 1 aromatic carbocycles. The number of aromatic nitrogens is 2. The Morgan fingerprint density at radius 3 is 2.38 bits per heavy atom. The topological polar surface area (TPSA) is 37.8 Å². The number of benzene rings is 1. The van der Waals surface area contributed by atoms with E-state index in [0.717, 1.165) is 17.1 Å². The fraction of sp³-hybridized carbons (Fsp3) is 0.412. The number of nitrogens with zero attached hydrogens (tertiary/aromatic N) is 2. The molecule has 1 aromatic heterocycles. The molecule has 0 unspecified atom stereocenters. The molecule has 1 heterocycles. The second-order valence-corrected chi connectivity index (χ2v) is 6.86. The Labute approximate surface area is 131 Å². The summed E-state index contributed by atoms with van der Waals surface area (Å²) in [5, 5.41) is 3.94. The van der Waals surface area contributed by atoms with Gasteiger partial charge in [-0.05, 0) is 23.0 Å². The highest BCUT2D eigenvalue weighted by Gasteiger charge is 2.19. The van der Waals surface area contributed by atoms with Gasteiger partial charge < -0.3 is 5.32 Å². The summed E-state index contributed by atoms with van der Waals surface area (Å²) in [6, 6.07) is 8.29. The molecule has 0 saturated heterocycles. The van der Waals surface area contributed by atoms with Crippen molar-refractivity contribution in [2.75, 3.05) is 5.32 Å². The van der Waals surface area contributed by atoms with Gasteiger partial charge in [0.25, 0.3) is 0 Å². The van der Waals surface area contributed by atoms with Crippen LogP contribution in [0.15, 0.2) is 30.6 Å². The van der Waals surface area contributed by atoms with Crippen LogP contribution in [0.3, 0.4) is 0 Å². The minimum absolute atomic E-state index is 0.0540. The van der Waals surface area contributed by atoms with Gasteiger partial charge in [0.05, 0.1) is 0 Å². The SMILES string of the molecule is CC(C)c1c(Cl)ncnc1Nc1ccccc1C(C)(C)C. The predicted octanol–water partition coefficient (Wildman–Crippen LogP) is 5.29. The van der Waals surface area contributed by atoms with Gasteiger partial charge in [0.1, 0.15) is 17.3 Å². The molecule has 0 aliphatic rings. The molecule has 0 bridgehead atoms.